The van der Waals surface area contributed by atoms with E-state index in [2.05, 4.69) is 37.8 Å². The molecule has 3 N–H and O–H groups in total. The standard InChI is InChI=1S/C22H21BrClN5O/c1-13-8-7-11-18(24)19(13)21(30)29(16-9-5-4-6-10-16)15(3)14(2)27-20-17(23)12-26-22(25)28-20/h4-12,14H,3H2,1-2H3,(H3,25,26,27,28)/t14-/m0/s1. The maximum Gasteiger partial charge on any atom is 0.264 e. The van der Waals surface area contributed by atoms with Crippen molar-refractivity contribution >= 4 is 50.9 Å². The van der Waals surface area contributed by atoms with Crippen LogP contribution in [-0.2, 0) is 0 Å². The highest BCUT2D eigenvalue weighted by Gasteiger charge is 2.27. The molecule has 8 heteroatoms. The SMILES string of the molecule is C=C([C@H](C)Nc1nc(N)ncc1Br)N(C(=O)c1c(C)cccc1Cl)c1ccccc1. The molecule has 0 aliphatic rings. The summed E-state index contributed by atoms with van der Waals surface area (Å²) in [6, 6.07) is 14.3. The highest BCUT2D eigenvalue weighted by molar-refractivity contribution is 9.10. The normalized spacial score (nSPS) is 11.6. The Bertz CT molecular complexity index is 1070. The van der Waals surface area contributed by atoms with Gasteiger partial charge in [-0.3, -0.25) is 9.69 Å². The molecule has 0 fully saturated rings. The summed E-state index contributed by atoms with van der Waals surface area (Å²) >= 11 is 9.78. The molecule has 1 aromatic heterocycles. The van der Waals surface area contributed by atoms with E-state index in [4.69, 9.17) is 17.3 Å². The summed E-state index contributed by atoms with van der Waals surface area (Å²) in [4.78, 5) is 23.3. The van der Waals surface area contributed by atoms with Gasteiger partial charge in [-0.2, -0.15) is 4.98 Å². The maximum absolute atomic E-state index is 13.6. The number of nitrogens with two attached hydrogens (primary N) is 1. The van der Waals surface area contributed by atoms with Crippen molar-refractivity contribution in [2.45, 2.75) is 19.9 Å². The van der Waals surface area contributed by atoms with Crippen LogP contribution in [0.25, 0.3) is 0 Å². The summed E-state index contributed by atoms with van der Waals surface area (Å²) < 4.78 is 0.649. The van der Waals surface area contributed by atoms with Crippen LogP contribution in [0.15, 0.2) is 71.5 Å². The van der Waals surface area contributed by atoms with Gasteiger partial charge in [-0.25, -0.2) is 4.98 Å². The Hall–Kier alpha value is -2.90. The maximum atomic E-state index is 13.6. The van der Waals surface area contributed by atoms with Crippen molar-refractivity contribution in [1.82, 2.24) is 9.97 Å². The number of hydrogen-bond acceptors (Lipinski definition) is 5. The molecule has 0 aliphatic carbocycles. The molecule has 2 aromatic carbocycles. The number of benzene rings is 2. The monoisotopic (exact) mass is 485 g/mol. The van der Waals surface area contributed by atoms with Crippen LogP contribution >= 0.6 is 27.5 Å². The van der Waals surface area contributed by atoms with E-state index in [1.807, 2.05) is 56.3 Å². The van der Waals surface area contributed by atoms with Crippen LogP contribution in [0.1, 0.15) is 22.8 Å². The van der Waals surface area contributed by atoms with Crippen molar-refractivity contribution < 1.29 is 4.79 Å². The summed E-state index contributed by atoms with van der Waals surface area (Å²) in [5, 5.41) is 3.62. The van der Waals surface area contributed by atoms with Gasteiger partial charge in [0.15, 0.2) is 0 Å². The number of aryl methyl sites for hydroxylation is 1. The quantitative estimate of drug-likeness (QED) is 0.484. The fourth-order valence-corrected chi connectivity index (χ4v) is 3.58. The number of anilines is 3. The Balaban J connectivity index is 1.99. The fraction of sp³-hybridized carbons (Fsp3) is 0.136. The number of amides is 1. The highest BCUT2D eigenvalue weighted by atomic mass is 79.9. The summed E-state index contributed by atoms with van der Waals surface area (Å²) in [6.45, 7) is 7.93. The predicted molar refractivity (Wildman–Crippen MR) is 126 cm³/mol. The average Bonchev–Trinajstić information content (AvgIpc) is 2.71. The number of carbonyl (C=O) groups is 1. The first-order valence-electron chi connectivity index (χ1n) is 9.17. The number of hydrogen-bond donors (Lipinski definition) is 2. The van der Waals surface area contributed by atoms with Gasteiger partial charge in [0.1, 0.15) is 5.82 Å². The third-order valence-electron chi connectivity index (χ3n) is 4.56. The molecule has 0 saturated heterocycles. The summed E-state index contributed by atoms with van der Waals surface area (Å²) in [5.41, 5.74) is 8.13. The van der Waals surface area contributed by atoms with E-state index in [1.54, 1.807) is 17.2 Å². The molecule has 1 amide bonds. The first-order valence-corrected chi connectivity index (χ1v) is 10.3. The Labute approximate surface area is 188 Å². The molecule has 0 radical (unpaired) electrons. The summed E-state index contributed by atoms with van der Waals surface area (Å²) in [7, 11) is 0. The molecule has 0 bridgehead atoms. The van der Waals surface area contributed by atoms with Gasteiger partial charge in [0.25, 0.3) is 5.91 Å². The number of para-hydroxylation sites is 1. The number of rotatable bonds is 6. The topological polar surface area (TPSA) is 84.1 Å². The zero-order valence-electron chi connectivity index (χ0n) is 16.6. The van der Waals surface area contributed by atoms with Crippen LogP contribution in [0.3, 0.4) is 0 Å². The van der Waals surface area contributed by atoms with Crippen LogP contribution in [0.5, 0.6) is 0 Å². The molecule has 30 heavy (non-hydrogen) atoms. The van der Waals surface area contributed by atoms with E-state index in [-0.39, 0.29) is 17.9 Å². The second kappa shape index (κ2) is 9.28. The van der Waals surface area contributed by atoms with Gasteiger partial charge in [0.2, 0.25) is 5.95 Å². The molecule has 6 nitrogen and oxygen atoms in total. The number of nitrogen functional groups attached to an aromatic ring is 1. The zero-order valence-corrected chi connectivity index (χ0v) is 18.9. The molecule has 0 spiro atoms. The van der Waals surface area contributed by atoms with Gasteiger partial charge in [-0.1, -0.05) is 48.5 Å². The summed E-state index contributed by atoms with van der Waals surface area (Å²) in [5.74, 6) is 0.385. The lowest BCUT2D eigenvalue weighted by molar-refractivity contribution is 0.0993. The minimum Gasteiger partial charge on any atom is -0.368 e. The molecule has 0 unspecified atom stereocenters. The second-order valence-electron chi connectivity index (χ2n) is 6.69. The van der Waals surface area contributed by atoms with Gasteiger partial charge >= 0.3 is 0 Å². The first kappa shape index (κ1) is 21.8. The molecule has 1 heterocycles. The minimum absolute atomic E-state index is 0.140. The number of nitrogens with one attached hydrogen (secondary N) is 1. The van der Waals surface area contributed by atoms with Crippen molar-refractivity contribution in [2.75, 3.05) is 16.0 Å². The van der Waals surface area contributed by atoms with Crippen LogP contribution < -0.4 is 16.0 Å². The molecule has 0 saturated carbocycles. The lowest BCUT2D eigenvalue weighted by Crippen LogP contribution is -2.37. The predicted octanol–water partition coefficient (Wildman–Crippen LogP) is 5.44. The van der Waals surface area contributed by atoms with E-state index >= 15 is 0 Å². The molecule has 3 aromatic rings. The van der Waals surface area contributed by atoms with Gasteiger partial charge in [-0.15, -0.1) is 0 Å². The number of nitrogens with zero attached hydrogens (tertiary/aromatic N) is 3. The Morgan fingerprint density at radius 1 is 1.23 bits per heavy atom. The fourth-order valence-electron chi connectivity index (χ4n) is 2.97. The minimum atomic E-state index is -0.359. The molecule has 0 aliphatic heterocycles. The van der Waals surface area contributed by atoms with Gasteiger partial charge in [-0.05, 0) is 53.5 Å². The van der Waals surface area contributed by atoms with E-state index in [0.717, 1.165) is 5.56 Å². The van der Waals surface area contributed by atoms with Gasteiger partial charge in [0, 0.05) is 17.6 Å². The molecular formula is C22H21BrClN5O. The third-order valence-corrected chi connectivity index (χ3v) is 5.45. The highest BCUT2D eigenvalue weighted by Crippen LogP contribution is 2.29. The lowest BCUT2D eigenvalue weighted by atomic mass is 10.1. The Kier molecular flexibility index (Phi) is 6.74. The molecule has 3 rings (SSSR count). The Morgan fingerprint density at radius 3 is 2.60 bits per heavy atom. The van der Waals surface area contributed by atoms with Crippen molar-refractivity contribution in [3.63, 3.8) is 0 Å². The number of halogens is 2. The average molecular weight is 487 g/mol. The van der Waals surface area contributed by atoms with Crippen LogP contribution in [0, 0.1) is 6.92 Å². The number of aromatic nitrogens is 2. The van der Waals surface area contributed by atoms with Crippen LogP contribution in [0.2, 0.25) is 5.02 Å². The Morgan fingerprint density at radius 2 is 1.93 bits per heavy atom. The smallest absolute Gasteiger partial charge is 0.264 e. The summed E-state index contributed by atoms with van der Waals surface area (Å²) in [6.07, 6.45) is 1.56. The van der Waals surface area contributed by atoms with Crippen LogP contribution in [0.4, 0.5) is 17.5 Å². The molecular weight excluding hydrogens is 466 g/mol. The molecule has 1 atom stereocenters. The first-order chi connectivity index (χ1) is 14.3. The van der Waals surface area contributed by atoms with E-state index in [9.17, 15) is 4.79 Å². The van der Waals surface area contributed by atoms with Gasteiger partial charge < -0.3 is 11.1 Å². The largest absolute Gasteiger partial charge is 0.368 e. The second-order valence-corrected chi connectivity index (χ2v) is 7.95. The van der Waals surface area contributed by atoms with Crippen LogP contribution in [-0.4, -0.2) is 21.9 Å². The third kappa shape index (κ3) is 4.63. The van der Waals surface area contributed by atoms with Crippen molar-refractivity contribution in [2.24, 2.45) is 0 Å². The van der Waals surface area contributed by atoms with E-state index in [0.29, 0.717) is 32.3 Å². The molecule has 154 valence electrons. The lowest BCUT2D eigenvalue weighted by Gasteiger charge is -2.30. The van der Waals surface area contributed by atoms with Gasteiger partial charge in [0.05, 0.1) is 21.1 Å². The van der Waals surface area contributed by atoms with E-state index < -0.39 is 0 Å². The van der Waals surface area contributed by atoms with Crippen molar-refractivity contribution in [3.8, 4) is 0 Å². The number of carbonyl (C=O) groups excluding carboxylic acids is 1. The van der Waals surface area contributed by atoms with E-state index in [1.165, 1.54) is 0 Å². The zero-order chi connectivity index (χ0) is 21.8. The van der Waals surface area contributed by atoms with Crippen molar-refractivity contribution in [3.05, 3.63) is 87.6 Å². The van der Waals surface area contributed by atoms with Crippen molar-refractivity contribution in [1.29, 1.82) is 0 Å².